The van der Waals surface area contributed by atoms with Gasteiger partial charge in [-0.2, -0.15) is 0 Å². The second kappa shape index (κ2) is 8.91. The van der Waals surface area contributed by atoms with Crippen molar-refractivity contribution in [1.29, 1.82) is 0 Å². The van der Waals surface area contributed by atoms with Gasteiger partial charge in [0.15, 0.2) is 0 Å². The Hall–Kier alpha value is -2.83. The van der Waals surface area contributed by atoms with E-state index in [0.29, 0.717) is 16.9 Å². The number of carboxylic acids is 1. The molecule has 0 radical (unpaired) electrons. The normalized spacial score (nSPS) is 12.2. The van der Waals surface area contributed by atoms with Crippen LogP contribution < -0.4 is 20.8 Å². The third-order valence-corrected chi connectivity index (χ3v) is 4.80. The average molecular weight is 388 g/mol. The molecule has 0 bridgehead atoms. The summed E-state index contributed by atoms with van der Waals surface area (Å²) >= 11 is 0. The first-order valence-electron chi connectivity index (χ1n) is 9.25. The van der Waals surface area contributed by atoms with Crippen LogP contribution in [0.5, 0.6) is 5.75 Å². The Morgan fingerprint density at radius 2 is 1.89 bits per heavy atom. The van der Waals surface area contributed by atoms with Crippen LogP contribution in [0.1, 0.15) is 43.4 Å². The highest BCUT2D eigenvalue weighted by Gasteiger charge is 2.18. The maximum Gasteiger partial charge on any atom is 0.339 e. The third-order valence-electron chi connectivity index (χ3n) is 4.80. The van der Waals surface area contributed by atoms with Crippen LogP contribution >= 0.6 is 0 Å². The molecule has 0 aliphatic heterocycles. The molecule has 1 aromatic carbocycles. The number of benzene rings is 1. The minimum absolute atomic E-state index is 0.0197. The average Bonchev–Trinajstić information content (AvgIpc) is 2.61. The van der Waals surface area contributed by atoms with E-state index >= 15 is 0 Å². The van der Waals surface area contributed by atoms with Crippen LogP contribution in [0.15, 0.2) is 21.3 Å². The van der Waals surface area contributed by atoms with Crippen molar-refractivity contribution in [2.75, 3.05) is 7.11 Å². The van der Waals surface area contributed by atoms with Crippen molar-refractivity contribution in [3.05, 3.63) is 39.2 Å². The van der Waals surface area contributed by atoms with E-state index < -0.39 is 23.5 Å². The van der Waals surface area contributed by atoms with Gasteiger partial charge in [-0.05, 0) is 50.3 Å². The number of carbonyl (C=O) groups excluding carboxylic acids is 2. The molecule has 7 nitrogen and oxygen atoms in total. The van der Waals surface area contributed by atoms with E-state index in [1.165, 1.54) is 0 Å². The summed E-state index contributed by atoms with van der Waals surface area (Å²) in [5.74, 6) is -1.04. The molecule has 28 heavy (non-hydrogen) atoms. The van der Waals surface area contributed by atoms with Crippen molar-refractivity contribution in [2.45, 2.75) is 53.0 Å². The summed E-state index contributed by atoms with van der Waals surface area (Å²) in [5, 5.41) is 14.4. The van der Waals surface area contributed by atoms with Crippen molar-refractivity contribution in [2.24, 2.45) is 5.92 Å². The fourth-order valence-corrected chi connectivity index (χ4v) is 3.27. The fourth-order valence-electron chi connectivity index (χ4n) is 3.27. The molecule has 0 spiro atoms. The molecule has 0 saturated heterocycles. The molecule has 2 rings (SSSR count). The topological polar surface area (TPSA) is 109 Å². The lowest BCUT2D eigenvalue weighted by Gasteiger charge is -2.21. The number of carbonyl (C=O) groups is 2. The van der Waals surface area contributed by atoms with Crippen LogP contribution in [-0.2, 0) is 16.0 Å². The molecule has 2 aromatic rings. The van der Waals surface area contributed by atoms with Gasteiger partial charge in [0.05, 0.1) is 19.1 Å². The van der Waals surface area contributed by atoms with E-state index in [1.807, 2.05) is 26.8 Å². The Morgan fingerprint density at radius 3 is 2.46 bits per heavy atom. The van der Waals surface area contributed by atoms with E-state index in [0.717, 1.165) is 16.5 Å². The van der Waals surface area contributed by atoms with E-state index in [1.54, 1.807) is 20.1 Å². The van der Waals surface area contributed by atoms with Crippen molar-refractivity contribution < 1.29 is 23.8 Å². The minimum atomic E-state index is -1.31. The molecule has 7 heteroatoms. The molecule has 0 aliphatic rings. The largest absolute Gasteiger partial charge is 0.548 e. The van der Waals surface area contributed by atoms with Gasteiger partial charge in [0, 0.05) is 22.9 Å². The van der Waals surface area contributed by atoms with Crippen LogP contribution in [0.25, 0.3) is 11.0 Å². The molecule has 0 saturated carbocycles. The first-order chi connectivity index (χ1) is 13.1. The van der Waals surface area contributed by atoms with Gasteiger partial charge in [0.25, 0.3) is 0 Å². The van der Waals surface area contributed by atoms with Gasteiger partial charge in [-0.15, -0.1) is 0 Å². The maximum atomic E-state index is 12.5. The molecule has 152 valence electrons. The molecule has 1 N–H and O–H groups in total. The number of methoxy groups -OCH3 is 1. The van der Waals surface area contributed by atoms with Gasteiger partial charge in [0.2, 0.25) is 5.91 Å². The van der Waals surface area contributed by atoms with Crippen molar-refractivity contribution >= 4 is 22.8 Å². The fraction of sp³-hybridized carbons (Fsp3) is 0.476. The summed E-state index contributed by atoms with van der Waals surface area (Å²) in [5.41, 5.74) is 1.83. The molecular formula is C21H26NO6-. The summed E-state index contributed by atoms with van der Waals surface area (Å²) in [6.07, 6.45) is 0.420. The van der Waals surface area contributed by atoms with Crippen LogP contribution in [0.3, 0.4) is 0 Å². The van der Waals surface area contributed by atoms with Gasteiger partial charge in [-0.1, -0.05) is 13.8 Å². The Bertz CT molecular complexity index is 944. The number of nitrogens with one attached hydrogen (secondary N) is 1. The van der Waals surface area contributed by atoms with E-state index in [2.05, 4.69) is 5.32 Å². The number of ether oxygens (including phenoxy) is 1. The van der Waals surface area contributed by atoms with Crippen LogP contribution in [0, 0.1) is 19.8 Å². The van der Waals surface area contributed by atoms with Crippen molar-refractivity contribution in [1.82, 2.24) is 5.32 Å². The molecule has 0 aliphatic carbocycles. The monoisotopic (exact) mass is 388 g/mol. The molecule has 1 aromatic heterocycles. The van der Waals surface area contributed by atoms with Gasteiger partial charge in [0.1, 0.15) is 11.3 Å². The number of aliphatic carboxylic acids is 1. The number of carboxylic acid groups (broad SMARTS) is 1. The lowest BCUT2D eigenvalue weighted by molar-refractivity contribution is -0.308. The molecule has 1 amide bonds. The quantitative estimate of drug-likeness (QED) is 0.689. The van der Waals surface area contributed by atoms with E-state index in [-0.39, 0.29) is 25.2 Å². The third kappa shape index (κ3) is 4.71. The number of hydrogen-bond donors (Lipinski definition) is 1. The standard InChI is InChI=1S/C21H27NO6/c1-11(2)10-16(20(24)25)22-18(23)9-7-15-12(3)14-6-8-17(27-5)13(4)19(14)28-21(15)26/h6,8,11,16H,7,9-10H2,1-5H3,(H,22,23)(H,24,25)/p-1/t16-/m0/s1. The smallest absolute Gasteiger partial charge is 0.339 e. The molecule has 1 atom stereocenters. The first-order valence-corrected chi connectivity index (χ1v) is 9.25. The summed E-state index contributed by atoms with van der Waals surface area (Å²) in [7, 11) is 1.55. The minimum Gasteiger partial charge on any atom is -0.548 e. The van der Waals surface area contributed by atoms with Gasteiger partial charge < -0.3 is 24.4 Å². The highest BCUT2D eigenvalue weighted by atomic mass is 16.5. The summed E-state index contributed by atoms with van der Waals surface area (Å²) in [4.78, 5) is 35.8. The number of rotatable bonds is 8. The Kier molecular flexibility index (Phi) is 6.83. The lowest BCUT2D eigenvalue weighted by atomic mass is 10.00. The summed E-state index contributed by atoms with van der Waals surface area (Å²) in [6, 6.07) is 2.58. The van der Waals surface area contributed by atoms with Crippen molar-refractivity contribution in [3.63, 3.8) is 0 Å². The van der Waals surface area contributed by atoms with Crippen LogP contribution in [0.4, 0.5) is 0 Å². The first kappa shape index (κ1) is 21.5. The molecule has 1 heterocycles. The summed E-state index contributed by atoms with van der Waals surface area (Å²) in [6.45, 7) is 7.35. The maximum absolute atomic E-state index is 12.5. The zero-order chi connectivity index (χ0) is 21.0. The number of amides is 1. The Morgan fingerprint density at radius 1 is 1.21 bits per heavy atom. The summed E-state index contributed by atoms with van der Waals surface area (Å²) < 4.78 is 10.7. The lowest BCUT2D eigenvalue weighted by Crippen LogP contribution is -2.48. The van der Waals surface area contributed by atoms with Gasteiger partial charge >= 0.3 is 5.63 Å². The number of hydrogen-bond acceptors (Lipinski definition) is 6. The Balaban J connectivity index is 2.21. The second-order valence-corrected chi connectivity index (χ2v) is 7.33. The van der Waals surface area contributed by atoms with Crippen LogP contribution in [-0.4, -0.2) is 25.0 Å². The zero-order valence-corrected chi connectivity index (χ0v) is 16.9. The predicted molar refractivity (Wildman–Crippen MR) is 103 cm³/mol. The molecule has 0 fully saturated rings. The van der Waals surface area contributed by atoms with Gasteiger partial charge in [-0.25, -0.2) is 4.79 Å². The van der Waals surface area contributed by atoms with E-state index in [4.69, 9.17) is 9.15 Å². The molecule has 0 unspecified atom stereocenters. The van der Waals surface area contributed by atoms with Crippen LogP contribution in [0.2, 0.25) is 0 Å². The Labute approximate surface area is 163 Å². The highest BCUT2D eigenvalue weighted by Crippen LogP contribution is 2.29. The zero-order valence-electron chi connectivity index (χ0n) is 16.9. The SMILES string of the molecule is COc1ccc2c(C)c(CCC(=O)N[C@@H](CC(C)C)C(=O)[O-])c(=O)oc2c1C. The highest BCUT2D eigenvalue weighted by molar-refractivity contribution is 5.86. The van der Waals surface area contributed by atoms with Gasteiger partial charge in [-0.3, -0.25) is 4.79 Å². The molecular weight excluding hydrogens is 362 g/mol. The number of fused-ring (bicyclic) bond motifs is 1. The van der Waals surface area contributed by atoms with Crippen molar-refractivity contribution in [3.8, 4) is 5.75 Å². The predicted octanol–water partition coefficient (Wildman–Crippen LogP) is 1.63. The van der Waals surface area contributed by atoms with E-state index in [9.17, 15) is 19.5 Å². The number of aryl methyl sites for hydroxylation is 2. The second-order valence-electron chi connectivity index (χ2n) is 7.33.